The van der Waals surface area contributed by atoms with Crippen LogP contribution in [0.4, 0.5) is 5.82 Å². The summed E-state index contributed by atoms with van der Waals surface area (Å²) in [7, 11) is 0. The second-order valence-electron chi connectivity index (χ2n) is 4.02. The molecule has 2 rings (SSSR count). The van der Waals surface area contributed by atoms with Crippen molar-refractivity contribution in [3.05, 3.63) is 18.3 Å². The van der Waals surface area contributed by atoms with Gasteiger partial charge in [-0.15, -0.1) is 0 Å². The molecular formula is C10H15N5. The number of nitrogens with two attached hydrogens (primary N) is 1. The van der Waals surface area contributed by atoms with Crippen molar-refractivity contribution in [2.75, 3.05) is 5.73 Å². The van der Waals surface area contributed by atoms with Crippen molar-refractivity contribution in [1.29, 1.82) is 0 Å². The number of anilines is 1. The van der Waals surface area contributed by atoms with Gasteiger partial charge in [0.15, 0.2) is 0 Å². The number of nitrogens with zero attached hydrogens (tertiary/aromatic N) is 3. The number of nitrogens with one attached hydrogen (secondary N) is 1. The Morgan fingerprint density at radius 3 is 2.93 bits per heavy atom. The van der Waals surface area contributed by atoms with Gasteiger partial charge in [0, 0.05) is 18.8 Å². The van der Waals surface area contributed by atoms with Crippen molar-refractivity contribution in [2.24, 2.45) is 5.92 Å². The molecule has 5 nitrogen and oxygen atoms in total. The molecule has 3 N–H and O–H groups in total. The summed E-state index contributed by atoms with van der Waals surface area (Å²) in [5.41, 5.74) is 7.26. The van der Waals surface area contributed by atoms with Crippen LogP contribution in [0.1, 0.15) is 13.8 Å². The molecule has 0 aromatic carbocycles. The highest BCUT2D eigenvalue weighted by Crippen LogP contribution is 2.16. The third-order valence-corrected chi connectivity index (χ3v) is 2.07. The minimum Gasteiger partial charge on any atom is -0.382 e. The standard InChI is InChI=1S/C10H15N5/c1-7(2)6-15-4-3-8(14-15)9-5-10(11)13-12-9/h3-5,7H,6H2,1-2H3,(H3,11,12,13). The van der Waals surface area contributed by atoms with E-state index in [0.29, 0.717) is 11.7 Å². The van der Waals surface area contributed by atoms with Gasteiger partial charge in [-0.1, -0.05) is 13.8 Å². The molecule has 0 aliphatic rings. The fourth-order valence-corrected chi connectivity index (χ4v) is 1.45. The third kappa shape index (κ3) is 2.18. The second kappa shape index (κ2) is 3.76. The van der Waals surface area contributed by atoms with Gasteiger partial charge in [-0.05, 0) is 12.0 Å². The van der Waals surface area contributed by atoms with Crippen LogP contribution < -0.4 is 5.73 Å². The van der Waals surface area contributed by atoms with Gasteiger partial charge in [-0.25, -0.2) is 0 Å². The van der Waals surface area contributed by atoms with Gasteiger partial charge in [-0.3, -0.25) is 9.78 Å². The van der Waals surface area contributed by atoms with Gasteiger partial charge in [-0.2, -0.15) is 10.2 Å². The van der Waals surface area contributed by atoms with E-state index >= 15 is 0 Å². The molecule has 2 aromatic rings. The maximum Gasteiger partial charge on any atom is 0.145 e. The van der Waals surface area contributed by atoms with Crippen LogP contribution in [0.25, 0.3) is 11.4 Å². The second-order valence-corrected chi connectivity index (χ2v) is 4.02. The Morgan fingerprint density at radius 1 is 1.53 bits per heavy atom. The molecule has 5 heteroatoms. The van der Waals surface area contributed by atoms with Crippen LogP contribution in [-0.4, -0.2) is 20.0 Å². The molecule has 2 heterocycles. The number of aromatic amines is 1. The summed E-state index contributed by atoms with van der Waals surface area (Å²) >= 11 is 0. The Bertz CT molecular complexity index is 440. The molecule has 0 bridgehead atoms. The lowest BCUT2D eigenvalue weighted by Gasteiger charge is -2.03. The zero-order valence-corrected chi connectivity index (χ0v) is 8.94. The minimum atomic E-state index is 0.489. The molecule has 80 valence electrons. The van der Waals surface area contributed by atoms with E-state index in [9.17, 15) is 0 Å². The zero-order chi connectivity index (χ0) is 10.8. The van der Waals surface area contributed by atoms with Crippen molar-refractivity contribution in [2.45, 2.75) is 20.4 Å². The predicted molar refractivity (Wildman–Crippen MR) is 59.1 cm³/mol. The Labute approximate surface area is 88.3 Å². The number of hydrogen-bond donors (Lipinski definition) is 2. The molecular weight excluding hydrogens is 190 g/mol. The topological polar surface area (TPSA) is 72.5 Å². The maximum atomic E-state index is 5.53. The third-order valence-electron chi connectivity index (χ3n) is 2.07. The van der Waals surface area contributed by atoms with Crippen molar-refractivity contribution in [1.82, 2.24) is 20.0 Å². The molecule has 0 radical (unpaired) electrons. The smallest absolute Gasteiger partial charge is 0.145 e. The first-order valence-electron chi connectivity index (χ1n) is 5.00. The molecule has 0 spiro atoms. The molecule has 0 fully saturated rings. The van der Waals surface area contributed by atoms with Gasteiger partial charge < -0.3 is 5.73 Å². The van der Waals surface area contributed by atoms with E-state index in [0.717, 1.165) is 17.9 Å². The van der Waals surface area contributed by atoms with E-state index in [4.69, 9.17) is 5.73 Å². The molecule has 0 atom stereocenters. The lowest BCUT2D eigenvalue weighted by molar-refractivity contribution is 0.484. The number of nitrogen functional groups attached to an aromatic ring is 1. The normalized spacial score (nSPS) is 11.1. The van der Waals surface area contributed by atoms with Crippen molar-refractivity contribution in [3.63, 3.8) is 0 Å². The molecule has 0 aliphatic carbocycles. The van der Waals surface area contributed by atoms with Crippen molar-refractivity contribution < 1.29 is 0 Å². The molecule has 0 saturated carbocycles. The molecule has 2 aromatic heterocycles. The van der Waals surface area contributed by atoms with E-state index in [2.05, 4.69) is 29.1 Å². The number of H-pyrrole nitrogens is 1. The summed E-state index contributed by atoms with van der Waals surface area (Å²) in [6.07, 6.45) is 1.96. The first-order valence-corrected chi connectivity index (χ1v) is 5.00. The largest absolute Gasteiger partial charge is 0.382 e. The Hall–Kier alpha value is -1.78. The first-order chi connectivity index (χ1) is 7.15. The summed E-state index contributed by atoms with van der Waals surface area (Å²) in [6, 6.07) is 3.73. The van der Waals surface area contributed by atoms with E-state index in [-0.39, 0.29) is 0 Å². The number of hydrogen-bond acceptors (Lipinski definition) is 3. The fourth-order valence-electron chi connectivity index (χ4n) is 1.45. The molecule has 0 saturated heterocycles. The Kier molecular flexibility index (Phi) is 2.45. The van der Waals surface area contributed by atoms with E-state index in [1.165, 1.54) is 0 Å². The first kappa shape index (κ1) is 9.76. The SMILES string of the molecule is CC(C)Cn1ccc(-c2cc(N)n[nH]2)n1. The molecule has 0 aliphatic heterocycles. The van der Waals surface area contributed by atoms with Gasteiger partial charge in [0.2, 0.25) is 0 Å². The van der Waals surface area contributed by atoms with Gasteiger partial charge in [0.05, 0.1) is 5.69 Å². The van der Waals surface area contributed by atoms with Gasteiger partial charge in [0.25, 0.3) is 0 Å². The quantitative estimate of drug-likeness (QED) is 0.797. The summed E-state index contributed by atoms with van der Waals surface area (Å²) in [6.45, 7) is 5.24. The van der Waals surface area contributed by atoms with E-state index in [1.54, 1.807) is 6.07 Å². The summed E-state index contributed by atoms with van der Waals surface area (Å²) < 4.78 is 1.93. The van der Waals surface area contributed by atoms with Crippen LogP contribution in [0.5, 0.6) is 0 Å². The van der Waals surface area contributed by atoms with E-state index < -0.39 is 0 Å². The number of rotatable bonds is 3. The van der Waals surface area contributed by atoms with Crippen LogP contribution in [0.2, 0.25) is 0 Å². The zero-order valence-electron chi connectivity index (χ0n) is 8.94. The van der Waals surface area contributed by atoms with Crippen LogP contribution >= 0.6 is 0 Å². The minimum absolute atomic E-state index is 0.489. The average Bonchev–Trinajstić information content (AvgIpc) is 2.72. The monoisotopic (exact) mass is 205 g/mol. The summed E-state index contributed by atoms with van der Waals surface area (Å²) in [4.78, 5) is 0. The predicted octanol–water partition coefficient (Wildman–Crippen LogP) is 1.51. The van der Waals surface area contributed by atoms with Crippen molar-refractivity contribution >= 4 is 5.82 Å². The fraction of sp³-hybridized carbons (Fsp3) is 0.400. The highest BCUT2D eigenvalue weighted by Gasteiger charge is 2.05. The summed E-state index contributed by atoms with van der Waals surface area (Å²) in [5, 5.41) is 11.1. The molecule has 0 unspecified atom stereocenters. The Morgan fingerprint density at radius 2 is 2.33 bits per heavy atom. The lowest BCUT2D eigenvalue weighted by atomic mass is 10.2. The molecule has 15 heavy (non-hydrogen) atoms. The van der Waals surface area contributed by atoms with Crippen LogP contribution in [0.3, 0.4) is 0 Å². The summed E-state index contributed by atoms with van der Waals surface area (Å²) in [5.74, 6) is 1.08. The van der Waals surface area contributed by atoms with Crippen molar-refractivity contribution in [3.8, 4) is 11.4 Å². The maximum absolute atomic E-state index is 5.53. The Balaban J connectivity index is 2.20. The average molecular weight is 205 g/mol. The van der Waals surface area contributed by atoms with Crippen LogP contribution in [0.15, 0.2) is 18.3 Å². The number of aromatic nitrogens is 4. The van der Waals surface area contributed by atoms with Gasteiger partial charge >= 0.3 is 0 Å². The lowest BCUT2D eigenvalue weighted by Crippen LogP contribution is -2.04. The van der Waals surface area contributed by atoms with Crippen LogP contribution in [0, 0.1) is 5.92 Å². The van der Waals surface area contributed by atoms with E-state index in [1.807, 2.05) is 16.9 Å². The van der Waals surface area contributed by atoms with Crippen LogP contribution in [-0.2, 0) is 6.54 Å². The highest BCUT2D eigenvalue weighted by atomic mass is 15.3. The highest BCUT2D eigenvalue weighted by molar-refractivity contribution is 5.56. The van der Waals surface area contributed by atoms with Gasteiger partial charge in [0.1, 0.15) is 11.5 Å². The molecule has 0 amide bonds.